The maximum atomic E-state index is 13.3. The topological polar surface area (TPSA) is 99.1 Å². The Labute approximate surface area is 220 Å². The molecule has 0 radical (unpaired) electrons. The fourth-order valence-corrected chi connectivity index (χ4v) is 4.56. The molecule has 0 aliphatic heterocycles. The molecule has 3 N–H and O–H groups in total. The second kappa shape index (κ2) is 12.5. The van der Waals surface area contributed by atoms with Crippen molar-refractivity contribution in [3.63, 3.8) is 0 Å². The maximum Gasteiger partial charge on any atom is 0.247 e. The van der Waals surface area contributed by atoms with Crippen LogP contribution in [-0.2, 0) is 16.1 Å². The van der Waals surface area contributed by atoms with Gasteiger partial charge in [-0.2, -0.15) is 0 Å². The SMILES string of the molecule is Cc1ccc(CN(C(=O)C(C)C)C2CC(C(=O)NCCO)=CC(Oc3ccccc3I)C2O)cc1. The average molecular weight is 592 g/mol. The third kappa shape index (κ3) is 7.05. The van der Waals surface area contributed by atoms with Crippen LogP contribution in [-0.4, -0.2) is 58.3 Å². The van der Waals surface area contributed by atoms with E-state index in [1.165, 1.54) is 0 Å². The van der Waals surface area contributed by atoms with Gasteiger partial charge >= 0.3 is 0 Å². The van der Waals surface area contributed by atoms with E-state index in [1.807, 2.05) is 63.2 Å². The number of rotatable bonds is 9. The molecule has 1 aliphatic rings. The fraction of sp³-hybridized carbons (Fsp3) is 0.407. The Morgan fingerprint density at radius 2 is 1.86 bits per heavy atom. The number of aryl methyl sites for hydroxylation is 1. The van der Waals surface area contributed by atoms with Gasteiger partial charge in [-0.05, 0) is 53.3 Å². The first-order chi connectivity index (χ1) is 16.7. The van der Waals surface area contributed by atoms with Gasteiger partial charge in [-0.15, -0.1) is 0 Å². The third-order valence-electron chi connectivity index (χ3n) is 5.96. The second-order valence-electron chi connectivity index (χ2n) is 9.05. The zero-order valence-corrected chi connectivity index (χ0v) is 22.4. The predicted molar refractivity (Wildman–Crippen MR) is 143 cm³/mol. The standard InChI is InChI=1S/C27H33IN2O5/c1-17(2)27(34)30(16-19-10-8-18(3)9-11-19)22-14-20(26(33)29-12-13-31)15-24(25(22)32)35-23-7-5-4-6-21(23)28/h4-11,15,17,22,24-25,31-32H,12-14,16H2,1-3H3,(H,29,33). The number of hydrogen-bond donors (Lipinski definition) is 3. The van der Waals surface area contributed by atoms with Crippen molar-refractivity contribution in [3.8, 4) is 5.75 Å². The Bertz CT molecular complexity index is 1050. The quantitative estimate of drug-likeness (QED) is 0.389. The molecular formula is C27H33IN2O5. The highest BCUT2D eigenvalue weighted by Gasteiger charge is 2.41. The minimum Gasteiger partial charge on any atom is -0.482 e. The van der Waals surface area contributed by atoms with Gasteiger partial charge in [-0.25, -0.2) is 0 Å². The summed E-state index contributed by atoms with van der Waals surface area (Å²) in [5, 5.41) is 23.3. The van der Waals surface area contributed by atoms with E-state index in [1.54, 1.807) is 17.0 Å². The summed E-state index contributed by atoms with van der Waals surface area (Å²) >= 11 is 2.16. The molecule has 3 atom stereocenters. The molecule has 0 heterocycles. The van der Waals surface area contributed by atoms with Crippen LogP contribution in [0.4, 0.5) is 0 Å². The van der Waals surface area contributed by atoms with Crippen LogP contribution in [0.3, 0.4) is 0 Å². The van der Waals surface area contributed by atoms with Gasteiger partial charge in [0.2, 0.25) is 11.8 Å². The number of aliphatic hydroxyl groups is 2. The number of nitrogens with one attached hydrogen (secondary N) is 1. The Balaban J connectivity index is 1.97. The smallest absolute Gasteiger partial charge is 0.247 e. The lowest BCUT2D eigenvalue weighted by Gasteiger charge is -2.41. The van der Waals surface area contributed by atoms with E-state index in [0.29, 0.717) is 17.9 Å². The molecule has 3 rings (SSSR count). The zero-order chi connectivity index (χ0) is 25.5. The van der Waals surface area contributed by atoms with Crippen LogP contribution in [0.15, 0.2) is 60.2 Å². The van der Waals surface area contributed by atoms with Crippen molar-refractivity contribution in [1.82, 2.24) is 10.2 Å². The van der Waals surface area contributed by atoms with Crippen molar-refractivity contribution in [3.05, 3.63) is 74.9 Å². The summed E-state index contributed by atoms with van der Waals surface area (Å²) < 4.78 is 7.04. The van der Waals surface area contributed by atoms with E-state index in [-0.39, 0.29) is 37.3 Å². The fourth-order valence-electron chi connectivity index (χ4n) is 4.05. The van der Waals surface area contributed by atoms with Gasteiger partial charge in [-0.3, -0.25) is 9.59 Å². The molecule has 0 fully saturated rings. The van der Waals surface area contributed by atoms with E-state index in [2.05, 4.69) is 27.9 Å². The van der Waals surface area contributed by atoms with Crippen molar-refractivity contribution in [2.24, 2.45) is 5.92 Å². The van der Waals surface area contributed by atoms with Crippen molar-refractivity contribution in [2.75, 3.05) is 13.2 Å². The summed E-state index contributed by atoms with van der Waals surface area (Å²) in [5.41, 5.74) is 2.47. The molecule has 0 saturated carbocycles. The molecule has 2 amide bonds. The highest BCUT2D eigenvalue weighted by atomic mass is 127. The first-order valence-corrected chi connectivity index (χ1v) is 12.8. The summed E-state index contributed by atoms with van der Waals surface area (Å²) in [6.45, 7) is 5.89. The molecule has 2 aromatic carbocycles. The van der Waals surface area contributed by atoms with E-state index in [0.717, 1.165) is 14.7 Å². The molecule has 0 aromatic heterocycles. The van der Waals surface area contributed by atoms with Crippen LogP contribution in [0.2, 0.25) is 0 Å². The highest BCUT2D eigenvalue weighted by Crippen LogP contribution is 2.31. The number of benzene rings is 2. The maximum absolute atomic E-state index is 13.3. The van der Waals surface area contributed by atoms with Gasteiger partial charge in [0.1, 0.15) is 18.0 Å². The molecule has 0 bridgehead atoms. The third-order valence-corrected chi connectivity index (χ3v) is 6.86. The van der Waals surface area contributed by atoms with Gasteiger partial charge in [-0.1, -0.05) is 55.8 Å². The lowest BCUT2D eigenvalue weighted by molar-refractivity contribution is -0.142. The minimum absolute atomic E-state index is 0.111. The number of carbonyl (C=O) groups is 2. The molecule has 2 aromatic rings. The highest BCUT2D eigenvalue weighted by molar-refractivity contribution is 14.1. The Hall–Kier alpha value is -2.43. The predicted octanol–water partition coefficient (Wildman–Crippen LogP) is 3.20. The van der Waals surface area contributed by atoms with Gasteiger partial charge in [0.15, 0.2) is 0 Å². The van der Waals surface area contributed by atoms with Crippen molar-refractivity contribution in [2.45, 2.75) is 52.0 Å². The van der Waals surface area contributed by atoms with Gasteiger partial charge in [0, 0.05) is 31.0 Å². The number of para-hydroxylation sites is 1. The Kier molecular flexibility index (Phi) is 9.71. The number of nitrogens with zero attached hydrogens (tertiary/aromatic N) is 1. The lowest BCUT2D eigenvalue weighted by Crippen LogP contribution is -2.55. The van der Waals surface area contributed by atoms with Crippen LogP contribution in [0.25, 0.3) is 0 Å². The minimum atomic E-state index is -1.05. The first-order valence-electron chi connectivity index (χ1n) is 11.8. The Morgan fingerprint density at radius 1 is 1.17 bits per heavy atom. The number of ether oxygens (including phenoxy) is 1. The van der Waals surface area contributed by atoms with E-state index >= 15 is 0 Å². The number of amides is 2. The van der Waals surface area contributed by atoms with Crippen LogP contribution in [0, 0.1) is 16.4 Å². The molecule has 8 heteroatoms. The van der Waals surface area contributed by atoms with Gasteiger partial charge in [0.05, 0.1) is 16.2 Å². The summed E-state index contributed by atoms with van der Waals surface area (Å²) in [7, 11) is 0. The number of halogens is 1. The molecule has 0 saturated heterocycles. The van der Waals surface area contributed by atoms with Crippen molar-refractivity contribution < 1.29 is 24.5 Å². The van der Waals surface area contributed by atoms with E-state index < -0.39 is 18.2 Å². The van der Waals surface area contributed by atoms with Crippen LogP contribution in [0.1, 0.15) is 31.4 Å². The molecular weight excluding hydrogens is 559 g/mol. The molecule has 7 nitrogen and oxygen atoms in total. The van der Waals surface area contributed by atoms with Gasteiger partial charge < -0.3 is 25.2 Å². The number of hydrogen-bond acceptors (Lipinski definition) is 5. The summed E-state index contributed by atoms with van der Waals surface area (Å²) in [5.74, 6) is -0.164. The molecule has 0 spiro atoms. The Morgan fingerprint density at radius 3 is 2.49 bits per heavy atom. The average Bonchev–Trinajstić information content (AvgIpc) is 2.84. The molecule has 188 valence electrons. The number of aliphatic hydroxyl groups excluding tert-OH is 2. The largest absolute Gasteiger partial charge is 0.482 e. The van der Waals surface area contributed by atoms with Gasteiger partial charge in [0.25, 0.3) is 0 Å². The van der Waals surface area contributed by atoms with E-state index in [4.69, 9.17) is 9.84 Å². The molecule has 3 unspecified atom stereocenters. The zero-order valence-electron chi connectivity index (χ0n) is 20.3. The summed E-state index contributed by atoms with van der Waals surface area (Å²) in [6, 6.07) is 14.7. The van der Waals surface area contributed by atoms with Crippen LogP contribution >= 0.6 is 22.6 Å². The molecule has 35 heavy (non-hydrogen) atoms. The van der Waals surface area contributed by atoms with Crippen molar-refractivity contribution >= 4 is 34.4 Å². The first kappa shape index (κ1) is 27.2. The monoisotopic (exact) mass is 592 g/mol. The molecule has 1 aliphatic carbocycles. The second-order valence-corrected chi connectivity index (χ2v) is 10.2. The lowest BCUT2D eigenvalue weighted by atomic mass is 9.87. The van der Waals surface area contributed by atoms with Crippen LogP contribution in [0.5, 0.6) is 5.75 Å². The number of carbonyl (C=O) groups excluding carboxylic acids is 2. The van der Waals surface area contributed by atoms with Crippen molar-refractivity contribution in [1.29, 1.82) is 0 Å². The van der Waals surface area contributed by atoms with E-state index in [9.17, 15) is 14.7 Å². The van der Waals surface area contributed by atoms with Crippen LogP contribution < -0.4 is 10.1 Å². The summed E-state index contributed by atoms with van der Waals surface area (Å²) in [6.07, 6.45) is -0.0800. The normalized spacial score (nSPS) is 19.7. The summed E-state index contributed by atoms with van der Waals surface area (Å²) in [4.78, 5) is 27.9.